The molecule has 0 radical (unpaired) electrons. The molecule has 1 aromatic heterocycles. The summed E-state index contributed by atoms with van der Waals surface area (Å²) in [4.78, 5) is 0. The molecular formula is C14H16N2O2. The number of para-hydroxylation sites is 1. The fraction of sp³-hybridized carbons (Fsp3) is 0.357. The normalized spacial score (nSPS) is 17.4. The Kier molecular flexibility index (Phi) is 3.02. The summed E-state index contributed by atoms with van der Waals surface area (Å²) < 4.78 is 11.1. The molecule has 4 heteroatoms. The molecule has 94 valence electrons. The minimum atomic E-state index is 0.747. The number of morpholine rings is 1. The average Bonchev–Trinajstić information content (AvgIpc) is 2.84. The summed E-state index contributed by atoms with van der Waals surface area (Å²) in [5.41, 5.74) is 1.82. The SMILES string of the molecule is C/C(=N\N1CCOCC1)c1cc2ccccc2o1. The number of hydrazone groups is 1. The molecule has 0 amide bonds. The summed E-state index contributed by atoms with van der Waals surface area (Å²) in [6.07, 6.45) is 0. The number of hydrogen-bond acceptors (Lipinski definition) is 4. The van der Waals surface area contributed by atoms with Crippen molar-refractivity contribution < 1.29 is 9.15 Å². The van der Waals surface area contributed by atoms with Crippen LogP contribution in [0.4, 0.5) is 0 Å². The summed E-state index contributed by atoms with van der Waals surface area (Å²) in [5, 5.41) is 7.73. The lowest BCUT2D eigenvalue weighted by Crippen LogP contribution is -2.33. The maximum absolute atomic E-state index is 5.78. The summed E-state index contributed by atoms with van der Waals surface area (Å²) in [5.74, 6) is 0.836. The van der Waals surface area contributed by atoms with Crippen molar-refractivity contribution in [1.29, 1.82) is 0 Å². The van der Waals surface area contributed by atoms with Crippen molar-refractivity contribution in [2.75, 3.05) is 26.3 Å². The van der Waals surface area contributed by atoms with Crippen molar-refractivity contribution >= 4 is 16.7 Å². The minimum Gasteiger partial charge on any atom is -0.455 e. The van der Waals surface area contributed by atoms with Crippen molar-refractivity contribution in [3.63, 3.8) is 0 Å². The van der Waals surface area contributed by atoms with E-state index in [1.54, 1.807) is 0 Å². The van der Waals surface area contributed by atoms with Crippen LogP contribution in [0.25, 0.3) is 11.0 Å². The molecule has 0 atom stereocenters. The van der Waals surface area contributed by atoms with Crippen LogP contribution in [-0.2, 0) is 4.74 Å². The summed E-state index contributed by atoms with van der Waals surface area (Å²) in [6, 6.07) is 10.0. The molecule has 2 aromatic rings. The third-order valence-corrected chi connectivity index (χ3v) is 3.06. The first-order chi connectivity index (χ1) is 8.83. The van der Waals surface area contributed by atoms with Gasteiger partial charge in [-0.25, -0.2) is 0 Å². The van der Waals surface area contributed by atoms with Gasteiger partial charge in [0.15, 0.2) is 5.76 Å². The maximum atomic E-state index is 5.78. The van der Waals surface area contributed by atoms with E-state index in [1.165, 1.54) is 0 Å². The Morgan fingerprint density at radius 3 is 2.78 bits per heavy atom. The third-order valence-electron chi connectivity index (χ3n) is 3.06. The van der Waals surface area contributed by atoms with Crippen molar-refractivity contribution in [2.45, 2.75) is 6.92 Å². The number of nitrogens with zero attached hydrogens (tertiary/aromatic N) is 2. The monoisotopic (exact) mass is 244 g/mol. The zero-order chi connectivity index (χ0) is 12.4. The Morgan fingerprint density at radius 2 is 2.00 bits per heavy atom. The lowest BCUT2D eigenvalue weighted by molar-refractivity contribution is 0.0393. The Balaban J connectivity index is 1.86. The zero-order valence-electron chi connectivity index (χ0n) is 10.4. The van der Waals surface area contributed by atoms with E-state index in [1.807, 2.05) is 42.3 Å². The molecular weight excluding hydrogens is 228 g/mol. The fourth-order valence-corrected chi connectivity index (χ4v) is 2.08. The molecule has 0 spiro atoms. The molecule has 1 aliphatic rings. The van der Waals surface area contributed by atoms with Crippen LogP contribution in [0.2, 0.25) is 0 Å². The number of ether oxygens (including phenoxy) is 1. The zero-order valence-corrected chi connectivity index (χ0v) is 10.4. The Hall–Kier alpha value is -1.81. The number of rotatable bonds is 2. The molecule has 0 bridgehead atoms. The van der Waals surface area contributed by atoms with E-state index >= 15 is 0 Å². The molecule has 1 saturated heterocycles. The average molecular weight is 244 g/mol. The second kappa shape index (κ2) is 4.82. The largest absolute Gasteiger partial charge is 0.455 e. The van der Waals surface area contributed by atoms with Gasteiger partial charge < -0.3 is 9.15 Å². The molecule has 0 saturated carbocycles. The van der Waals surface area contributed by atoms with Crippen LogP contribution in [0.1, 0.15) is 12.7 Å². The minimum absolute atomic E-state index is 0.747. The molecule has 2 heterocycles. The van der Waals surface area contributed by atoms with Crippen LogP contribution < -0.4 is 0 Å². The second-order valence-electron chi connectivity index (χ2n) is 4.40. The first-order valence-corrected chi connectivity index (χ1v) is 6.20. The highest BCUT2D eigenvalue weighted by atomic mass is 16.5. The first-order valence-electron chi connectivity index (χ1n) is 6.20. The molecule has 1 aliphatic heterocycles. The van der Waals surface area contributed by atoms with Gasteiger partial charge in [0.05, 0.1) is 32.0 Å². The molecule has 4 nitrogen and oxygen atoms in total. The number of hydrogen-bond donors (Lipinski definition) is 0. The van der Waals surface area contributed by atoms with Gasteiger partial charge >= 0.3 is 0 Å². The number of benzene rings is 1. The van der Waals surface area contributed by atoms with Gasteiger partial charge in [-0.2, -0.15) is 5.10 Å². The van der Waals surface area contributed by atoms with E-state index < -0.39 is 0 Å². The predicted octanol–water partition coefficient (Wildman–Crippen LogP) is 2.49. The predicted molar refractivity (Wildman–Crippen MR) is 70.8 cm³/mol. The highest BCUT2D eigenvalue weighted by Crippen LogP contribution is 2.19. The van der Waals surface area contributed by atoms with Crippen LogP contribution >= 0.6 is 0 Å². The van der Waals surface area contributed by atoms with Crippen LogP contribution in [0.5, 0.6) is 0 Å². The van der Waals surface area contributed by atoms with E-state index in [0.29, 0.717) is 0 Å². The van der Waals surface area contributed by atoms with Crippen molar-refractivity contribution in [3.05, 3.63) is 36.1 Å². The Morgan fingerprint density at radius 1 is 1.22 bits per heavy atom. The highest BCUT2D eigenvalue weighted by molar-refractivity contribution is 5.99. The van der Waals surface area contributed by atoms with Gasteiger partial charge in [0.25, 0.3) is 0 Å². The Bertz CT molecular complexity index is 535. The van der Waals surface area contributed by atoms with Gasteiger partial charge in [0.2, 0.25) is 0 Å². The van der Waals surface area contributed by atoms with Crippen molar-refractivity contribution in [3.8, 4) is 0 Å². The van der Waals surface area contributed by atoms with E-state index in [2.05, 4.69) is 5.10 Å². The Labute approximate surface area is 106 Å². The van der Waals surface area contributed by atoms with Gasteiger partial charge in [-0.05, 0) is 19.1 Å². The molecule has 0 aliphatic carbocycles. The van der Waals surface area contributed by atoms with Gasteiger partial charge in [0, 0.05) is 5.39 Å². The number of furan rings is 1. The third kappa shape index (κ3) is 2.24. The van der Waals surface area contributed by atoms with Gasteiger partial charge in [-0.1, -0.05) is 18.2 Å². The molecule has 1 aromatic carbocycles. The second-order valence-corrected chi connectivity index (χ2v) is 4.40. The highest BCUT2D eigenvalue weighted by Gasteiger charge is 2.11. The summed E-state index contributed by atoms with van der Waals surface area (Å²) in [6.45, 7) is 5.16. The molecule has 0 unspecified atom stereocenters. The van der Waals surface area contributed by atoms with E-state index in [4.69, 9.17) is 9.15 Å². The van der Waals surface area contributed by atoms with Gasteiger partial charge in [-0.15, -0.1) is 0 Å². The van der Waals surface area contributed by atoms with Gasteiger partial charge in [0.1, 0.15) is 5.58 Å². The standard InChI is InChI=1S/C14H16N2O2/c1-11(15-16-6-8-17-9-7-16)14-10-12-4-2-3-5-13(12)18-14/h2-5,10H,6-9H2,1H3/b15-11+. The van der Waals surface area contributed by atoms with Crippen LogP contribution in [0.15, 0.2) is 39.9 Å². The van der Waals surface area contributed by atoms with Crippen molar-refractivity contribution in [2.24, 2.45) is 5.10 Å². The van der Waals surface area contributed by atoms with Gasteiger partial charge in [-0.3, -0.25) is 5.01 Å². The lowest BCUT2D eigenvalue weighted by atomic mass is 10.2. The van der Waals surface area contributed by atoms with Crippen LogP contribution in [0, 0.1) is 0 Å². The molecule has 0 N–H and O–H groups in total. The van der Waals surface area contributed by atoms with E-state index in [-0.39, 0.29) is 0 Å². The smallest absolute Gasteiger partial charge is 0.151 e. The summed E-state index contributed by atoms with van der Waals surface area (Å²) >= 11 is 0. The van der Waals surface area contributed by atoms with Crippen molar-refractivity contribution in [1.82, 2.24) is 5.01 Å². The number of fused-ring (bicyclic) bond motifs is 1. The quantitative estimate of drug-likeness (QED) is 0.762. The summed E-state index contributed by atoms with van der Waals surface area (Å²) in [7, 11) is 0. The first kappa shape index (κ1) is 11.3. The lowest BCUT2D eigenvalue weighted by Gasteiger charge is -2.24. The van der Waals surface area contributed by atoms with E-state index in [9.17, 15) is 0 Å². The van der Waals surface area contributed by atoms with Crippen LogP contribution in [-0.4, -0.2) is 37.0 Å². The fourth-order valence-electron chi connectivity index (χ4n) is 2.08. The molecule has 18 heavy (non-hydrogen) atoms. The topological polar surface area (TPSA) is 38.0 Å². The van der Waals surface area contributed by atoms with Crippen LogP contribution in [0.3, 0.4) is 0 Å². The van der Waals surface area contributed by atoms with E-state index in [0.717, 1.165) is 48.7 Å². The molecule has 3 rings (SSSR count). The molecule has 1 fully saturated rings. The maximum Gasteiger partial charge on any atom is 0.151 e.